The van der Waals surface area contributed by atoms with E-state index in [1.807, 2.05) is 60.9 Å². The molecule has 9 heteroatoms. The molecule has 2 N–H and O–H groups in total. The Hall–Kier alpha value is -3.33. The van der Waals surface area contributed by atoms with Crippen molar-refractivity contribution in [2.75, 3.05) is 19.4 Å². The van der Waals surface area contributed by atoms with Crippen molar-refractivity contribution in [2.24, 2.45) is 5.92 Å². The summed E-state index contributed by atoms with van der Waals surface area (Å²) < 4.78 is 7.50. The van der Waals surface area contributed by atoms with Gasteiger partial charge in [0.1, 0.15) is 5.75 Å². The summed E-state index contributed by atoms with van der Waals surface area (Å²) >= 11 is 1.24. The van der Waals surface area contributed by atoms with Gasteiger partial charge in [0.05, 0.1) is 18.4 Å². The first kappa shape index (κ1) is 24.3. The molecule has 3 amide bonds. The minimum atomic E-state index is -0.491. The molecule has 1 aromatic heterocycles. The smallest absolute Gasteiger partial charge is 0.321 e. The summed E-state index contributed by atoms with van der Waals surface area (Å²) in [6, 6.07) is 17.3. The highest BCUT2D eigenvalue weighted by molar-refractivity contribution is 7.99. The van der Waals surface area contributed by atoms with Crippen LogP contribution in [0.3, 0.4) is 0 Å². The largest absolute Gasteiger partial charge is 0.496 e. The maximum Gasteiger partial charge on any atom is 0.321 e. The van der Waals surface area contributed by atoms with Gasteiger partial charge in [0.25, 0.3) is 0 Å². The number of carbonyl (C=O) groups excluding carboxylic acids is 2. The molecular formula is C24H29N5O3S. The number of carbonyl (C=O) groups is 2. The molecule has 3 aromatic rings. The Morgan fingerprint density at radius 1 is 1.06 bits per heavy atom. The lowest BCUT2D eigenvalue weighted by Gasteiger charge is -2.12. The highest BCUT2D eigenvalue weighted by atomic mass is 32.2. The summed E-state index contributed by atoms with van der Waals surface area (Å²) in [6.07, 6.45) is 0.776. The number of amides is 3. The second-order valence-electron chi connectivity index (χ2n) is 7.83. The maximum absolute atomic E-state index is 12.3. The van der Waals surface area contributed by atoms with Gasteiger partial charge in [-0.1, -0.05) is 68.1 Å². The van der Waals surface area contributed by atoms with Gasteiger partial charge in [0, 0.05) is 13.1 Å². The fourth-order valence-electron chi connectivity index (χ4n) is 3.15. The summed E-state index contributed by atoms with van der Waals surface area (Å²) in [5.41, 5.74) is 2.01. The molecular weight excluding hydrogens is 438 g/mol. The van der Waals surface area contributed by atoms with Crippen molar-refractivity contribution in [2.45, 2.75) is 32.0 Å². The predicted molar refractivity (Wildman–Crippen MR) is 129 cm³/mol. The number of hydrogen-bond acceptors (Lipinski definition) is 6. The number of aromatic nitrogens is 3. The zero-order chi connectivity index (χ0) is 23.6. The van der Waals surface area contributed by atoms with Gasteiger partial charge in [0.2, 0.25) is 5.91 Å². The van der Waals surface area contributed by atoms with Crippen molar-refractivity contribution in [3.05, 3.63) is 60.2 Å². The lowest BCUT2D eigenvalue weighted by Crippen LogP contribution is -2.41. The van der Waals surface area contributed by atoms with Crippen molar-refractivity contribution < 1.29 is 14.3 Å². The van der Waals surface area contributed by atoms with Gasteiger partial charge in [0.15, 0.2) is 11.0 Å². The van der Waals surface area contributed by atoms with Crippen LogP contribution in [-0.2, 0) is 17.8 Å². The number of benzene rings is 2. The van der Waals surface area contributed by atoms with Crippen LogP contribution in [0.2, 0.25) is 0 Å². The van der Waals surface area contributed by atoms with Gasteiger partial charge in [-0.05, 0) is 30.0 Å². The molecule has 3 rings (SSSR count). The Morgan fingerprint density at radius 3 is 2.52 bits per heavy atom. The zero-order valence-corrected chi connectivity index (χ0v) is 19.9. The fraction of sp³-hybridized carbons (Fsp3) is 0.333. The van der Waals surface area contributed by atoms with E-state index in [9.17, 15) is 9.59 Å². The van der Waals surface area contributed by atoms with Crippen LogP contribution in [0.5, 0.6) is 5.75 Å². The van der Waals surface area contributed by atoms with E-state index < -0.39 is 11.9 Å². The average Bonchev–Trinajstić information content (AvgIpc) is 3.23. The molecule has 33 heavy (non-hydrogen) atoms. The average molecular weight is 468 g/mol. The fourth-order valence-corrected chi connectivity index (χ4v) is 3.91. The third-order valence-corrected chi connectivity index (χ3v) is 5.75. The molecule has 174 valence electrons. The van der Waals surface area contributed by atoms with E-state index in [1.54, 1.807) is 7.11 Å². The molecule has 0 aliphatic carbocycles. The number of methoxy groups -OCH3 is 1. The molecule has 2 aromatic carbocycles. The minimum absolute atomic E-state index is 0.0461. The maximum atomic E-state index is 12.3. The third kappa shape index (κ3) is 7.08. The highest BCUT2D eigenvalue weighted by Gasteiger charge is 2.19. The van der Waals surface area contributed by atoms with Crippen LogP contribution in [0.25, 0.3) is 11.4 Å². The first-order valence-electron chi connectivity index (χ1n) is 10.8. The lowest BCUT2D eigenvalue weighted by atomic mass is 10.1. The number of hydrogen-bond donors (Lipinski definition) is 2. The number of ether oxygens (including phenoxy) is 1. The quantitative estimate of drug-likeness (QED) is 0.441. The van der Waals surface area contributed by atoms with Gasteiger partial charge in [-0.15, -0.1) is 10.2 Å². The van der Waals surface area contributed by atoms with Crippen molar-refractivity contribution >= 4 is 23.7 Å². The summed E-state index contributed by atoms with van der Waals surface area (Å²) in [6.45, 7) is 5.10. The zero-order valence-electron chi connectivity index (χ0n) is 19.1. The number of urea groups is 1. The Balaban J connectivity index is 1.75. The number of imide groups is 1. The molecule has 0 saturated heterocycles. The molecule has 1 heterocycles. The minimum Gasteiger partial charge on any atom is -0.496 e. The number of aryl methyl sites for hydroxylation is 1. The van der Waals surface area contributed by atoms with Crippen LogP contribution in [0, 0.1) is 5.92 Å². The molecule has 0 fully saturated rings. The van der Waals surface area contributed by atoms with E-state index in [2.05, 4.69) is 33.0 Å². The Bertz CT molecular complexity index is 1070. The second-order valence-corrected chi connectivity index (χ2v) is 8.78. The Kier molecular flexibility index (Phi) is 8.88. The Labute approximate surface area is 198 Å². The van der Waals surface area contributed by atoms with E-state index in [0.717, 1.165) is 12.0 Å². The van der Waals surface area contributed by atoms with Crippen LogP contribution in [0.4, 0.5) is 4.79 Å². The highest BCUT2D eigenvalue weighted by Crippen LogP contribution is 2.31. The van der Waals surface area contributed by atoms with Gasteiger partial charge >= 0.3 is 6.03 Å². The normalized spacial score (nSPS) is 10.8. The van der Waals surface area contributed by atoms with Gasteiger partial charge < -0.3 is 14.6 Å². The lowest BCUT2D eigenvalue weighted by molar-refractivity contribution is -0.117. The van der Waals surface area contributed by atoms with Gasteiger partial charge in [-0.25, -0.2) is 4.79 Å². The van der Waals surface area contributed by atoms with Gasteiger partial charge in [-0.2, -0.15) is 0 Å². The number of para-hydroxylation sites is 1. The summed E-state index contributed by atoms with van der Waals surface area (Å²) in [5.74, 6) is 1.32. The van der Waals surface area contributed by atoms with E-state index in [0.29, 0.717) is 35.7 Å². The third-order valence-electron chi connectivity index (χ3n) is 4.79. The summed E-state index contributed by atoms with van der Waals surface area (Å²) in [5, 5.41) is 14.4. The van der Waals surface area contributed by atoms with Crippen LogP contribution >= 0.6 is 11.8 Å². The van der Waals surface area contributed by atoms with E-state index in [1.165, 1.54) is 17.3 Å². The number of nitrogens with one attached hydrogen (secondary N) is 2. The SMILES string of the molecule is COc1ccccc1-c1nnc(SCC(=O)NC(=O)NCC(C)C)n1CCc1ccccc1. The molecule has 0 aliphatic heterocycles. The molecule has 0 aliphatic rings. The van der Waals surface area contributed by atoms with E-state index in [4.69, 9.17) is 4.74 Å². The van der Waals surface area contributed by atoms with Crippen LogP contribution in [0.1, 0.15) is 19.4 Å². The Morgan fingerprint density at radius 2 is 1.79 bits per heavy atom. The molecule has 0 spiro atoms. The number of thioether (sulfide) groups is 1. The standard InChI is InChI=1S/C24H29N5O3S/c1-17(2)15-25-23(31)26-21(30)16-33-24-28-27-22(19-11-7-8-12-20(19)32-3)29(24)14-13-18-9-5-4-6-10-18/h4-12,17H,13-16H2,1-3H3,(H2,25,26,30,31). The first-order valence-corrected chi connectivity index (χ1v) is 11.8. The molecule has 8 nitrogen and oxygen atoms in total. The van der Waals surface area contributed by atoms with Gasteiger partial charge in [-0.3, -0.25) is 10.1 Å². The topological polar surface area (TPSA) is 98.1 Å². The summed E-state index contributed by atoms with van der Waals surface area (Å²) in [4.78, 5) is 24.1. The van der Waals surface area contributed by atoms with Crippen LogP contribution < -0.4 is 15.4 Å². The molecule has 0 radical (unpaired) electrons. The van der Waals surface area contributed by atoms with Crippen molar-refractivity contribution in [3.63, 3.8) is 0 Å². The second kappa shape index (κ2) is 12.1. The molecule has 0 saturated carbocycles. The first-order chi connectivity index (χ1) is 16.0. The van der Waals surface area contributed by atoms with Crippen LogP contribution in [0.15, 0.2) is 59.8 Å². The van der Waals surface area contributed by atoms with E-state index >= 15 is 0 Å². The molecule has 0 bridgehead atoms. The van der Waals surface area contributed by atoms with Crippen molar-refractivity contribution in [1.82, 2.24) is 25.4 Å². The number of nitrogens with zero attached hydrogens (tertiary/aromatic N) is 3. The van der Waals surface area contributed by atoms with E-state index in [-0.39, 0.29) is 5.75 Å². The molecule has 0 unspecified atom stereocenters. The monoisotopic (exact) mass is 467 g/mol. The molecule has 0 atom stereocenters. The van der Waals surface area contributed by atoms with Crippen molar-refractivity contribution in [1.29, 1.82) is 0 Å². The summed E-state index contributed by atoms with van der Waals surface area (Å²) in [7, 11) is 1.62. The van der Waals surface area contributed by atoms with Crippen LogP contribution in [-0.4, -0.2) is 46.1 Å². The predicted octanol–water partition coefficient (Wildman–Crippen LogP) is 3.77. The number of rotatable bonds is 10. The van der Waals surface area contributed by atoms with Crippen molar-refractivity contribution in [3.8, 4) is 17.1 Å².